The zero-order valence-corrected chi connectivity index (χ0v) is 75.2. The molecule has 9 aromatic heterocycles. The number of nitrogens with one attached hydrogen (secondary N) is 2. The molecule has 0 saturated heterocycles. The van der Waals surface area contributed by atoms with Crippen molar-refractivity contribution in [1.29, 1.82) is 5.26 Å². The van der Waals surface area contributed by atoms with E-state index in [-0.39, 0.29) is 40.5 Å². The first-order valence-corrected chi connectivity index (χ1v) is 42.2. The number of fused-ring (bicyclic) bond motifs is 4. The summed E-state index contributed by atoms with van der Waals surface area (Å²) in [6.07, 6.45) is 10.1. The van der Waals surface area contributed by atoms with Crippen molar-refractivity contribution in [3.8, 4) is 23.1 Å². The van der Waals surface area contributed by atoms with Crippen LogP contribution in [0.4, 0.5) is 5.82 Å². The number of rotatable bonds is 13. The molecule has 15 rings (SSSR count). The molecule has 10 N–H and O–H groups in total. The fourth-order valence-corrected chi connectivity index (χ4v) is 15.5. The zero-order chi connectivity index (χ0) is 83.5. The minimum Gasteiger partial charge on any atom is -0.383 e. The van der Waals surface area contributed by atoms with Crippen molar-refractivity contribution in [3.05, 3.63) is 367 Å². The first kappa shape index (κ1) is 90.4. The standard InChI is InChI=1S/C26H20ClN5O2.C20H16ClN3O2.C17H15ClN2O.C6H5BrIN.2C6H7IN2.C6H6IN/c1-15(31-25(33)22-23-17(8-6-12-29-23)14-30-24(22)28)20-13-16-7-5-11-19(27)21(16)26(34)32(20)18-9-3-2-4-10-18;1-13(23-18(25)10-11-22)17-12-14-6-5-9-16(21)19(14)20(26)24(17)15-7-3-2-4-8-15;1-11(19)15-10-12-6-5-9-14(18)16(12)17(21)20(15)13-7-3-2-4-8-13;7-4-5-2-1-3-9-6(5)8;2*7-6-5(4-8)2-1-3-9-6;1-5-3-2-4-8-6(5)7/h2-15H,1H3,(H2,28,30)(H,31,33);2-9,12-13H,10H2,1H3,(H,23,25);2-11H,19H2,1H3;1-3H,4H2;2*1-3H,4,8H2;2-4H,1H3/t15-;13-;11-;;;;/m000..../s1. The van der Waals surface area contributed by atoms with E-state index in [1.807, 2.05) is 196 Å². The number of nitrogens with zero attached hydrogens (tertiary/aromatic N) is 10. The highest BCUT2D eigenvalue weighted by atomic mass is 127. The van der Waals surface area contributed by atoms with Gasteiger partial charge in [0, 0.05) is 101 Å². The van der Waals surface area contributed by atoms with Gasteiger partial charge in [0.15, 0.2) is 0 Å². The molecule has 2 amide bonds. The lowest BCUT2D eigenvalue weighted by molar-refractivity contribution is -0.120. The Morgan fingerprint density at radius 3 is 1.19 bits per heavy atom. The molecule has 0 fully saturated rings. The van der Waals surface area contributed by atoms with Crippen LogP contribution in [0.3, 0.4) is 0 Å². The number of amides is 2. The molecule has 0 unspecified atom stereocenters. The molecule has 6 aromatic carbocycles. The lowest BCUT2D eigenvalue weighted by Crippen LogP contribution is -2.32. The zero-order valence-electron chi connectivity index (χ0n) is 62.7. The Kier molecular flexibility index (Phi) is 34.9. The normalized spacial score (nSPS) is 11.3. The van der Waals surface area contributed by atoms with Gasteiger partial charge in [-0.1, -0.05) is 166 Å². The number of halogens is 8. The average Bonchev–Trinajstić information content (AvgIpc) is 0.774. The molecule has 9 heterocycles. The molecule has 116 heavy (non-hydrogen) atoms. The highest BCUT2D eigenvalue weighted by molar-refractivity contribution is 14.1. The number of alkyl halides is 1. The summed E-state index contributed by atoms with van der Waals surface area (Å²) in [4.78, 5) is 89.6. The number of hydrogen-bond donors (Lipinski definition) is 6. The molecular formula is C87H76BrCl3I4N16O5. The monoisotopic (exact) mass is 2120 g/mol. The molecule has 3 atom stereocenters. The Morgan fingerprint density at radius 1 is 0.474 bits per heavy atom. The van der Waals surface area contributed by atoms with E-state index < -0.39 is 23.9 Å². The lowest BCUT2D eigenvalue weighted by atomic mass is 10.1. The highest BCUT2D eigenvalue weighted by Crippen LogP contribution is 2.30. The molecule has 0 spiro atoms. The SMILES string of the molecule is BrCc1cccnc1I.C[C@H](N)c1cc2cccc(Cl)c2c(=O)n1-c1ccccc1.C[C@H](NC(=O)CC#N)c1cc2cccc(Cl)c2c(=O)n1-c1ccccc1.C[C@H](NC(=O)c1c(N)ncc2cccnc12)c1cc2cccc(Cl)c2c(=O)n1-c1ccccc1.Cc1cccnc1I.NCc1cccnc1I.NCc1cccnc1I. The van der Waals surface area contributed by atoms with E-state index in [2.05, 4.69) is 166 Å². The van der Waals surface area contributed by atoms with Crippen LogP contribution in [0.25, 0.3) is 60.3 Å². The van der Waals surface area contributed by atoms with Crippen molar-refractivity contribution in [2.24, 2.45) is 17.2 Å². The van der Waals surface area contributed by atoms with Crippen LogP contribution in [0, 0.1) is 33.1 Å². The van der Waals surface area contributed by atoms with Crippen molar-refractivity contribution in [3.63, 3.8) is 0 Å². The van der Waals surface area contributed by atoms with Gasteiger partial charge >= 0.3 is 0 Å². The summed E-state index contributed by atoms with van der Waals surface area (Å²) in [5.74, 6) is -0.736. The van der Waals surface area contributed by atoms with E-state index in [1.165, 1.54) is 11.1 Å². The smallest absolute Gasteiger partial charge is 0.264 e. The first-order chi connectivity index (χ1) is 55.9. The van der Waals surface area contributed by atoms with E-state index in [4.69, 9.17) is 63.0 Å². The Morgan fingerprint density at radius 2 is 0.836 bits per heavy atom. The van der Waals surface area contributed by atoms with Crippen LogP contribution in [-0.4, -0.2) is 55.4 Å². The van der Waals surface area contributed by atoms with Gasteiger partial charge < -0.3 is 33.6 Å². The van der Waals surface area contributed by atoms with Crippen molar-refractivity contribution in [1.82, 2.24) is 54.2 Å². The first-order valence-electron chi connectivity index (χ1n) is 35.6. The number of carbonyl (C=O) groups is 2. The summed E-state index contributed by atoms with van der Waals surface area (Å²) >= 11 is 31.0. The number of hydrogen-bond acceptors (Lipinski definition) is 16. The lowest BCUT2D eigenvalue weighted by Gasteiger charge is -2.21. The highest BCUT2D eigenvalue weighted by Gasteiger charge is 2.24. The Hall–Kier alpha value is -9.51. The summed E-state index contributed by atoms with van der Waals surface area (Å²) in [6.45, 7) is 8.65. The second-order valence-electron chi connectivity index (χ2n) is 25.3. The number of nitriles is 1. The van der Waals surface area contributed by atoms with Crippen LogP contribution < -0.4 is 50.2 Å². The molecule has 21 nitrogen and oxygen atoms in total. The molecule has 0 aliphatic rings. The molecule has 0 radical (unpaired) electrons. The van der Waals surface area contributed by atoms with E-state index in [9.17, 15) is 24.0 Å². The van der Waals surface area contributed by atoms with Gasteiger partial charge in [0.1, 0.15) is 32.6 Å². The van der Waals surface area contributed by atoms with Gasteiger partial charge in [0.2, 0.25) is 5.91 Å². The number of aryl methyl sites for hydroxylation is 1. The number of nitrogens with two attached hydrogens (primary N) is 4. The summed E-state index contributed by atoms with van der Waals surface area (Å²) < 4.78 is 8.92. The predicted octanol–water partition coefficient (Wildman–Crippen LogP) is 18.9. The molecular weight excluding hydrogens is 2040 g/mol. The minimum atomic E-state index is -0.554. The summed E-state index contributed by atoms with van der Waals surface area (Å²) in [5.41, 5.74) is 31.7. The summed E-state index contributed by atoms with van der Waals surface area (Å²) in [7, 11) is 0. The fourth-order valence-electron chi connectivity index (χ4n) is 11.7. The van der Waals surface area contributed by atoms with Crippen LogP contribution in [0.2, 0.25) is 15.1 Å². The maximum atomic E-state index is 13.6. The molecule has 29 heteroatoms. The fraction of sp³-hybridized carbons (Fsp3) is 0.126. The topological polar surface area (TPSA) is 329 Å². The molecule has 0 saturated carbocycles. The van der Waals surface area contributed by atoms with E-state index in [0.717, 1.165) is 48.0 Å². The third-order valence-electron chi connectivity index (χ3n) is 17.4. The van der Waals surface area contributed by atoms with Gasteiger partial charge in [-0.3, -0.25) is 52.6 Å². The maximum absolute atomic E-state index is 13.6. The maximum Gasteiger partial charge on any atom is 0.264 e. The molecule has 0 aliphatic carbocycles. The van der Waals surface area contributed by atoms with Gasteiger partial charge in [0.05, 0.1) is 54.9 Å². The predicted molar refractivity (Wildman–Crippen MR) is 504 cm³/mol. The number of para-hydroxylation sites is 3. The summed E-state index contributed by atoms with van der Waals surface area (Å²) in [6, 6.07) is 69.4. The molecule has 590 valence electrons. The molecule has 0 bridgehead atoms. The van der Waals surface area contributed by atoms with Gasteiger partial charge in [-0.2, -0.15) is 5.26 Å². The van der Waals surface area contributed by atoms with E-state index >= 15 is 0 Å². The van der Waals surface area contributed by atoms with E-state index in [0.29, 0.717) is 88.8 Å². The van der Waals surface area contributed by atoms with Crippen molar-refractivity contribution in [2.45, 2.75) is 70.7 Å². The quantitative estimate of drug-likeness (QED) is 0.0355. The number of nitrogen functional groups attached to an aromatic ring is 1. The number of benzene rings is 6. The number of pyridine rings is 9. The Labute approximate surface area is 747 Å². The van der Waals surface area contributed by atoms with Crippen molar-refractivity contribution in [2.75, 3.05) is 5.73 Å². The van der Waals surface area contributed by atoms with Crippen molar-refractivity contribution >= 4 is 202 Å². The second-order valence-corrected chi connectivity index (χ2v) is 31.2. The number of carbonyl (C=O) groups excluding carboxylic acids is 2. The second kappa shape index (κ2) is 44.7. The number of aromatic nitrogens is 9. The van der Waals surface area contributed by atoms with Gasteiger partial charge in [-0.15, -0.1) is 0 Å². The van der Waals surface area contributed by atoms with Crippen LogP contribution >= 0.6 is 141 Å². The molecule has 15 aromatic rings. The average molecular weight is 2120 g/mol. The Balaban J connectivity index is 0.000000167. The third kappa shape index (κ3) is 23.7. The Bertz CT molecular complexity index is 6040. The van der Waals surface area contributed by atoms with Gasteiger partial charge in [0.25, 0.3) is 22.6 Å². The largest absolute Gasteiger partial charge is 0.383 e. The van der Waals surface area contributed by atoms with Gasteiger partial charge in [-0.25, -0.2) is 15.0 Å². The van der Waals surface area contributed by atoms with E-state index in [1.54, 1.807) is 94.2 Å². The summed E-state index contributed by atoms with van der Waals surface area (Å²) in [5, 5.41) is 20.8. The van der Waals surface area contributed by atoms with Crippen LogP contribution in [0.1, 0.15) is 95.0 Å². The van der Waals surface area contributed by atoms with Crippen LogP contribution in [0.5, 0.6) is 0 Å². The van der Waals surface area contributed by atoms with Crippen LogP contribution in [0.15, 0.2) is 276 Å². The number of anilines is 1. The minimum absolute atomic E-state index is 0.0849. The van der Waals surface area contributed by atoms with Crippen LogP contribution in [-0.2, 0) is 23.2 Å². The van der Waals surface area contributed by atoms with Crippen molar-refractivity contribution < 1.29 is 9.59 Å². The third-order valence-corrected chi connectivity index (χ3v) is 23.0. The molecule has 0 aliphatic heterocycles. The van der Waals surface area contributed by atoms with Gasteiger partial charge in [-0.05, 0) is 266 Å².